The number of pyridine rings is 1. The summed E-state index contributed by atoms with van der Waals surface area (Å²) in [7, 11) is 0. The summed E-state index contributed by atoms with van der Waals surface area (Å²) in [6.07, 6.45) is 1.74. The van der Waals surface area contributed by atoms with E-state index >= 15 is 0 Å². The molecule has 0 fully saturated rings. The molecule has 0 N–H and O–H groups in total. The van der Waals surface area contributed by atoms with Crippen LogP contribution >= 0.6 is 15.9 Å². The zero-order chi connectivity index (χ0) is 9.54. The van der Waals surface area contributed by atoms with Crippen molar-refractivity contribution >= 4 is 37.9 Å². The minimum atomic E-state index is 0.664. The Labute approximate surface area is 87.0 Å². The lowest BCUT2D eigenvalue weighted by Crippen LogP contribution is -1.81. The molecule has 0 aliphatic rings. The molecule has 0 saturated carbocycles. The third-order valence-corrected chi connectivity index (χ3v) is 2.66. The third kappa shape index (κ3) is 0.957. The van der Waals surface area contributed by atoms with E-state index in [2.05, 4.69) is 31.3 Å². The average molecular weight is 250 g/mol. The van der Waals surface area contributed by atoms with Gasteiger partial charge in [0, 0.05) is 27.4 Å². The van der Waals surface area contributed by atoms with Crippen molar-refractivity contribution in [2.24, 2.45) is 0 Å². The second-order valence-electron chi connectivity index (χ2n) is 2.88. The van der Waals surface area contributed by atoms with Crippen LogP contribution in [0.2, 0.25) is 0 Å². The van der Waals surface area contributed by atoms with E-state index in [4.69, 9.17) is 4.52 Å². The highest BCUT2D eigenvalue weighted by Gasteiger charge is 2.09. The van der Waals surface area contributed by atoms with Gasteiger partial charge in [0.15, 0.2) is 5.58 Å². The minimum absolute atomic E-state index is 0.664. The van der Waals surface area contributed by atoms with Crippen LogP contribution in [0.25, 0.3) is 22.0 Å². The maximum Gasteiger partial charge on any atom is 0.189 e. The number of fused-ring (bicyclic) bond motifs is 3. The third-order valence-electron chi connectivity index (χ3n) is 2.06. The second kappa shape index (κ2) is 2.75. The summed E-state index contributed by atoms with van der Waals surface area (Å²) >= 11 is 3.42. The summed E-state index contributed by atoms with van der Waals surface area (Å²) in [5.74, 6) is 0. The molecule has 0 saturated heterocycles. The van der Waals surface area contributed by atoms with E-state index in [1.54, 1.807) is 6.20 Å². The monoisotopic (exact) mass is 249 g/mol. The summed E-state index contributed by atoms with van der Waals surface area (Å²) in [6.45, 7) is 0. The Morgan fingerprint density at radius 1 is 1.29 bits per heavy atom. The Morgan fingerprint density at radius 3 is 3.14 bits per heavy atom. The first kappa shape index (κ1) is 7.87. The molecule has 2 heterocycles. The number of hydrogen-bond acceptors (Lipinski definition) is 4. The van der Waals surface area contributed by atoms with Gasteiger partial charge < -0.3 is 4.52 Å². The molecule has 0 unspecified atom stereocenters. The number of nitrogens with zero attached hydrogens (tertiary/aromatic N) is 3. The highest BCUT2D eigenvalue weighted by molar-refractivity contribution is 9.10. The van der Waals surface area contributed by atoms with Gasteiger partial charge in [-0.25, -0.2) is 0 Å². The predicted molar refractivity (Wildman–Crippen MR) is 54.8 cm³/mol. The molecule has 3 aromatic rings. The zero-order valence-corrected chi connectivity index (χ0v) is 8.52. The number of benzene rings is 1. The molecule has 2 aromatic heterocycles. The van der Waals surface area contributed by atoms with Crippen LogP contribution in [0.3, 0.4) is 0 Å². The Kier molecular flexibility index (Phi) is 1.55. The molecular weight excluding hydrogens is 246 g/mol. The van der Waals surface area contributed by atoms with E-state index in [9.17, 15) is 0 Å². The molecule has 68 valence electrons. The topological polar surface area (TPSA) is 51.8 Å². The van der Waals surface area contributed by atoms with Crippen molar-refractivity contribution in [3.63, 3.8) is 0 Å². The van der Waals surface area contributed by atoms with Crippen molar-refractivity contribution < 1.29 is 4.52 Å². The minimum Gasteiger partial charge on any atom is -0.337 e. The van der Waals surface area contributed by atoms with Crippen molar-refractivity contribution in [2.45, 2.75) is 0 Å². The van der Waals surface area contributed by atoms with Crippen LogP contribution in [0.4, 0.5) is 0 Å². The van der Waals surface area contributed by atoms with E-state index < -0.39 is 0 Å². The number of aromatic nitrogens is 3. The van der Waals surface area contributed by atoms with Gasteiger partial charge in [-0.2, -0.15) is 0 Å². The van der Waals surface area contributed by atoms with Crippen molar-refractivity contribution in [1.29, 1.82) is 0 Å². The first-order valence-corrected chi connectivity index (χ1v) is 4.81. The normalized spacial score (nSPS) is 11.2. The van der Waals surface area contributed by atoms with Gasteiger partial charge in [0.25, 0.3) is 0 Å². The fraction of sp³-hybridized carbons (Fsp3) is 0. The molecule has 1 aromatic carbocycles. The van der Waals surface area contributed by atoms with Crippen LogP contribution in [0.5, 0.6) is 0 Å². The lowest BCUT2D eigenvalue weighted by Gasteiger charge is -1.97. The Hall–Kier alpha value is -1.49. The van der Waals surface area contributed by atoms with Gasteiger partial charge in [0.2, 0.25) is 0 Å². The number of hydrogen-bond donors (Lipinski definition) is 0. The Bertz CT molecular complexity index is 620. The molecule has 5 heteroatoms. The molecule has 0 aliphatic carbocycles. The number of rotatable bonds is 0. The van der Waals surface area contributed by atoms with Crippen LogP contribution < -0.4 is 0 Å². The summed E-state index contributed by atoms with van der Waals surface area (Å²) in [4.78, 5) is 4.25. The molecular formula is C9H4BrN3O. The molecule has 0 spiro atoms. The standard InChI is InChI=1S/C9H4BrN3O/c10-6-4-7-9(12-13-14-7)5-2-1-3-11-8(5)6/h1-4H. The first-order chi connectivity index (χ1) is 6.86. The smallest absolute Gasteiger partial charge is 0.189 e. The SMILES string of the molecule is Brc1cc2onnc2c2cccnc12. The molecule has 0 bridgehead atoms. The van der Waals surface area contributed by atoms with Crippen molar-refractivity contribution in [1.82, 2.24) is 15.4 Å². The van der Waals surface area contributed by atoms with Gasteiger partial charge in [-0.05, 0) is 28.1 Å². The van der Waals surface area contributed by atoms with Gasteiger partial charge in [0.1, 0.15) is 5.52 Å². The summed E-state index contributed by atoms with van der Waals surface area (Å²) in [6, 6.07) is 5.63. The fourth-order valence-corrected chi connectivity index (χ4v) is 1.97. The van der Waals surface area contributed by atoms with E-state index in [-0.39, 0.29) is 0 Å². The highest BCUT2D eigenvalue weighted by atomic mass is 79.9. The van der Waals surface area contributed by atoms with Crippen LogP contribution in [0.15, 0.2) is 33.4 Å². The largest absolute Gasteiger partial charge is 0.337 e. The Balaban J connectivity index is 2.67. The van der Waals surface area contributed by atoms with Gasteiger partial charge in [-0.15, -0.1) is 5.10 Å². The molecule has 0 atom stereocenters. The van der Waals surface area contributed by atoms with Gasteiger partial charge in [-0.1, -0.05) is 0 Å². The zero-order valence-electron chi connectivity index (χ0n) is 6.94. The maximum absolute atomic E-state index is 4.99. The van der Waals surface area contributed by atoms with Crippen molar-refractivity contribution in [2.75, 3.05) is 0 Å². The molecule has 0 amide bonds. The lowest BCUT2D eigenvalue weighted by atomic mass is 10.2. The van der Waals surface area contributed by atoms with E-state index in [0.717, 1.165) is 20.9 Å². The molecule has 0 radical (unpaired) electrons. The quantitative estimate of drug-likeness (QED) is 0.615. The predicted octanol–water partition coefficient (Wildman–Crippen LogP) is 2.53. The maximum atomic E-state index is 4.99. The fourth-order valence-electron chi connectivity index (χ4n) is 1.45. The van der Waals surface area contributed by atoms with E-state index in [0.29, 0.717) is 5.58 Å². The van der Waals surface area contributed by atoms with Crippen molar-refractivity contribution in [3.05, 3.63) is 28.9 Å². The summed E-state index contributed by atoms with van der Waals surface area (Å²) < 4.78 is 5.88. The molecule has 0 aliphatic heterocycles. The van der Waals surface area contributed by atoms with E-state index in [1.807, 2.05) is 18.2 Å². The first-order valence-electron chi connectivity index (χ1n) is 4.01. The van der Waals surface area contributed by atoms with Gasteiger partial charge >= 0.3 is 0 Å². The summed E-state index contributed by atoms with van der Waals surface area (Å²) in [5.41, 5.74) is 2.28. The average Bonchev–Trinajstić information content (AvgIpc) is 2.66. The van der Waals surface area contributed by atoms with Gasteiger partial charge in [-0.3, -0.25) is 4.98 Å². The van der Waals surface area contributed by atoms with Crippen LogP contribution in [-0.2, 0) is 0 Å². The summed E-state index contributed by atoms with van der Waals surface area (Å²) in [5, 5.41) is 8.37. The van der Waals surface area contributed by atoms with Gasteiger partial charge in [0.05, 0.1) is 5.52 Å². The van der Waals surface area contributed by atoms with E-state index in [1.165, 1.54) is 0 Å². The lowest BCUT2D eigenvalue weighted by molar-refractivity contribution is 0.424. The number of halogens is 1. The van der Waals surface area contributed by atoms with Crippen LogP contribution in [0, 0.1) is 0 Å². The van der Waals surface area contributed by atoms with Crippen LogP contribution in [-0.4, -0.2) is 15.4 Å². The molecule has 3 rings (SSSR count). The molecule has 4 nitrogen and oxygen atoms in total. The van der Waals surface area contributed by atoms with Crippen molar-refractivity contribution in [3.8, 4) is 0 Å². The van der Waals surface area contributed by atoms with Crippen LogP contribution in [0.1, 0.15) is 0 Å². The Morgan fingerprint density at radius 2 is 2.21 bits per heavy atom. The second-order valence-corrected chi connectivity index (χ2v) is 3.73. The molecule has 14 heavy (non-hydrogen) atoms. The highest BCUT2D eigenvalue weighted by Crippen LogP contribution is 2.28.